The van der Waals surface area contributed by atoms with Gasteiger partial charge < -0.3 is 16.0 Å². The van der Waals surface area contributed by atoms with Crippen molar-refractivity contribution in [3.63, 3.8) is 0 Å². The third-order valence-corrected chi connectivity index (χ3v) is 5.53. The lowest BCUT2D eigenvalue weighted by molar-refractivity contribution is 0.262. The number of aryl methyl sites for hydroxylation is 2. The molecule has 0 aliphatic rings. The first-order chi connectivity index (χ1) is 16.3. The van der Waals surface area contributed by atoms with E-state index in [0.717, 1.165) is 10.8 Å². The molecule has 9 heteroatoms. The van der Waals surface area contributed by atoms with Gasteiger partial charge >= 0.3 is 6.03 Å². The Morgan fingerprint density at radius 1 is 1.06 bits per heavy atom. The number of carbonyl (C=O) groups is 1. The smallest absolute Gasteiger partial charge is 0.323 e. The number of aromatic nitrogens is 2. The molecule has 0 radical (unpaired) electrons. The zero-order valence-electron chi connectivity index (χ0n) is 18.9. The summed E-state index contributed by atoms with van der Waals surface area (Å²) >= 11 is 0. The van der Waals surface area contributed by atoms with Crippen LogP contribution in [0.25, 0.3) is 16.5 Å². The molecule has 0 fully saturated rings. The molecule has 174 valence electrons. The number of halogens is 2. The maximum Gasteiger partial charge on any atom is 0.323 e. The summed E-state index contributed by atoms with van der Waals surface area (Å²) in [4.78, 5) is 30.1. The fraction of sp³-hybridized carbons (Fsp3) is 0.160. The Morgan fingerprint density at radius 2 is 1.79 bits per heavy atom. The highest BCUT2D eigenvalue weighted by molar-refractivity contribution is 6.00. The molecule has 2 heterocycles. The molecule has 0 aliphatic heterocycles. The molecule has 4 aromatic rings. The van der Waals surface area contributed by atoms with E-state index in [0.29, 0.717) is 29.1 Å². The van der Waals surface area contributed by atoms with Crippen LogP contribution >= 0.6 is 0 Å². The Balaban J connectivity index is 1.76. The third kappa shape index (κ3) is 4.32. The van der Waals surface area contributed by atoms with E-state index in [1.807, 2.05) is 13.0 Å². The average molecular weight is 463 g/mol. The van der Waals surface area contributed by atoms with Crippen LogP contribution in [0.4, 0.5) is 30.8 Å². The Kier molecular flexibility index (Phi) is 6.27. The van der Waals surface area contributed by atoms with Gasteiger partial charge in [0.2, 0.25) is 0 Å². The first-order valence-electron chi connectivity index (χ1n) is 10.7. The second kappa shape index (κ2) is 9.30. The quantitative estimate of drug-likeness (QED) is 0.379. The second-order valence-corrected chi connectivity index (χ2v) is 7.72. The zero-order valence-corrected chi connectivity index (χ0v) is 18.9. The zero-order chi connectivity index (χ0) is 24.4. The van der Waals surface area contributed by atoms with Crippen molar-refractivity contribution in [3.8, 4) is 5.69 Å². The molecular weight excluding hydrogens is 440 g/mol. The maximum atomic E-state index is 14.7. The van der Waals surface area contributed by atoms with Crippen molar-refractivity contribution < 1.29 is 13.6 Å². The molecule has 34 heavy (non-hydrogen) atoms. The van der Waals surface area contributed by atoms with E-state index in [1.165, 1.54) is 34.9 Å². The van der Waals surface area contributed by atoms with Crippen LogP contribution in [-0.4, -0.2) is 22.6 Å². The molecule has 7 nitrogen and oxygen atoms in total. The van der Waals surface area contributed by atoms with E-state index in [1.54, 1.807) is 32.4 Å². The lowest BCUT2D eigenvalue weighted by Crippen LogP contribution is -2.24. The van der Waals surface area contributed by atoms with Crippen LogP contribution in [-0.2, 0) is 6.42 Å². The van der Waals surface area contributed by atoms with Crippen molar-refractivity contribution in [1.29, 1.82) is 0 Å². The second-order valence-electron chi connectivity index (χ2n) is 7.72. The van der Waals surface area contributed by atoms with Crippen molar-refractivity contribution >= 4 is 34.0 Å². The number of benzene rings is 2. The lowest BCUT2D eigenvalue weighted by Gasteiger charge is -2.16. The summed E-state index contributed by atoms with van der Waals surface area (Å²) in [5.74, 6) is -0.660. The molecule has 2 aromatic heterocycles. The van der Waals surface area contributed by atoms with Crippen molar-refractivity contribution in [2.75, 3.05) is 23.0 Å². The van der Waals surface area contributed by atoms with Gasteiger partial charge in [-0.25, -0.2) is 18.6 Å². The van der Waals surface area contributed by atoms with E-state index in [-0.39, 0.29) is 16.9 Å². The fourth-order valence-corrected chi connectivity index (χ4v) is 3.80. The maximum absolute atomic E-state index is 14.7. The summed E-state index contributed by atoms with van der Waals surface area (Å²) in [6.07, 6.45) is 3.79. The number of fused-ring (bicyclic) bond motifs is 1. The highest BCUT2D eigenvalue weighted by atomic mass is 19.1. The van der Waals surface area contributed by atoms with Crippen molar-refractivity contribution in [3.05, 3.63) is 88.0 Å². The van der Waals surface area contributed by atoms with E-state index in [2.05, 4.69) is 20.9 Å². The Bertz CT molecular complexity index is 1470. The van der Waals surface area contributed by atoms with Crippen molar-refractivity contribution in [2.45, 2.75) is 20.3 Å². The van der Waals surface area contributed by atoms with Gasteiger partial charge in [0.25, 0.3) is 5.56 Å². The fourth-order valence-electron chi connectivity index (χ4n) is 3.80. The molecule has 0 saturated heterocycles. The van der Waals surface area contributed by atoms with Crippen LogP contribution in [0.2, 0.25) is 0 Å². The van der Waals surface area contributed by atoms with Crippen molar-refractivity contribution in [1.82, 2.24) is 9.55 Å². The van der Waals surface area contributed by atoms with Gasteiger partial charge in [-0.1, -0.05) is 19.1 Å². The normalized spacial score (nSPS) is 10.9. The first-order valence-corrected chi connectivity index (χ1v) is 10.7. The molecule has 0 unspecified atom stereocenters. The molecule has 0 bridgehead atoms. The van der Waals surface area contributed by atoms with E-state index < -0.39 is 17.7 Å². The summed E-state index contributed by atoms with van der Waals surface area (Å²) in [5.41, 5.74) is 1.05. The van der Waals surface area contributed by atoms with Crippen molar-refractivity contribution in [2.24, 2.45) is 0 Å². The van der Waals surface area contributed by atoms with Gasteiger partial charge in [0.1, 0.15) is 17.5 Å². The minimum Gasteiger partial charge on any atom is -0.373 e. The molecular formula is C25H23F2N5O2. The number of nitrogens with zero attached hydrogens (tertiary/aromatic N) is 2. The van der Waals surface area contributed by atoms with Crippen LogP contribution < -0.4 is 21.5 Å². The van der Waals surface area contributed by atoms with Crippen LogP contribution in [0.15, 0.2) is 59.7 Å². The Hall–Kier alpha value is -4.27. The van der Waals surface area contributed by atoms with Crippen LogP contribution in [0.3, 0.4) is 0 Å². The number of carbonyl (C=O) groups excluding carboxylic acids is 1. The molecule has 4 rings (SSSR count). The number of amides is 2. The van der Waals surface area contributed by atoms with Gasteiger partial charge in [-0.15, -0.1) is 0 Å². The van der Waals surface area contributed by atoms with Gasteiger partial charge in [0, 0.05) is 30.4 Å². The van der Waals surface area contributed by atoms with E-state index in [4.69, 9.17) is 0 Å². The largest absolute Gasteiger partial charge is 0.373 e. The van der Waals surface area contributed by atoms with Crippen LogP contribution in [0.1, 0.15) is 18.1 Å². The molecule has 2 aromatic carbocycles. The molecule has 0 saturated carbocycles. The third-order valence-electron chi connectivity index (χ3n) is 5.53. The SMILES string of the molecule is CCc1c(=O)n(-c2cc(NC(=O)Nc3ccccc3F)c(F)cc2C)cc2cnc(NC)cc12. The summed E-state index contributed by atoms with van der Waals surface area (Å²) in [5, 5.41) is 9.24. The molecule has 0 atom stereocenters. The summed E-state index contributed by atoms with van der Waals surface area (Å²) < 4.78 is 29.9. The first kappa shape index (κ1) is 22.9. The number of pyridine rings is 2. The van der Waals surface area contributed by atoms with Crippen LogP contribution in [0, 0.1) is 18.6 Å². The number of urea groups is 1. The van der Waals surface area contributed by atoms with E-state index in [9.17, 15) is 18.4 Å². The predicted molar refractivity (Wildman–Crippen MR) is 130 cm³/mol. The average Bonchev–Trinajstić information content (AvgIpc) is 2.82. The number of nitrogens with one attached hydrogen (secondary N) is 3. The van der Waals surface area contributed by atoms with Gasteiger partial charge in [-0.3, -0.25) is 9.36 Å². The van der Waals surface area contributed by atoms with Crippen LogP contribution in [0.5, 0.6) is 0 Å². The van der Waals surface area contributed by atoms with Gasteiger partial charge in [-0.2, -0.15) is 0 Å². The van der Waals surface area contributed by atoms with Gasteiger partial charge in [-0.05, 0) is 54.6 Å². The number of hydrogen-bond donors (Lipinski definition) is 3. The highest BCUT2D eigenvalue weighted by Gasteiger charge is 2.16. The number of hydrogen-bond acceptors (Lipinski definition) is 4. The summed E-state index contributed by atoms with van der Waals surface area (Å²) in [6, 6.07) is 9.26. The number of anilines is 3. The number of para-hydroxylation sites is 1. The monoisotopic (exact) mass is 463 g/mol. The molecule has 2 amide bonds. The van der Waals surface area contributed by atoms with E-state index >= 15 is 0 Å². The summed E-state index contributed by atoms with van der Waals surface area (Å²) in [6.45, 7) is 3.56. The molecule has 0 spiro atoms. The lowest BCUT2D eigenvalue weighted by atomic mass is 10.1. The topological polar surface area (TPSA) is 88.1 Å². The Labute approximate surface area is 194 Å². The minimum absolute atomic E-state index is 0.0421. The minimum atomic E-state index is -0.817. The number of rotatable bonds is 5. The molecule has 0 aliphatic carbocycles. The molecule has 3 N–H and O–H groups in total. The highest BCUT2D eigenvalue weighted by Crippen LogP contribution is 2.26. The van der Waals surface area contributed by atoms with Gasteiger partial charge in [0.15, 0.2) is 0 Å². The standard InChI is InChI=1S/C25H23F2N5O2/c1-4-16-17-10-23(28-3)29-12-15(17)13-32(24(16)33)22-11-21(19(27)9-14(22)2)31-25(34)30-20-8-6-5-7-18(20)26/h5-13,28H,4H2,1-3H3,(H2,30,31,34). The summed E-state index contributed by atoms with van der Waals surface area (Å²) in [7, 11) is 1.75. The Morgan fingerprint density at radius 3 is 2.50 bits per heavy atom. The predicted octanol–water partition coefficient (Wildman–Crippen LogP) is 5.22. The van der Waals surface area contributed by atoms with Gasteiger partial charge in [0.05, 0.1) is 17.1 Å².